The predicted octanol–water partition coefficient (Wildman–Crippen LogP) is 3.78. The number of fused-ring (bicyclic) bond motifs is 1. The molecule has 2 aromatic heterocycles. The summed E-state index contributed by atoms with van der Waals surface area (Å²) >= 11 is 0. The number of hydrogen-bond acceptors (Lipinski definition) is 9. The van der Waals surface area contributed by atoms with Crippen molar-refractivity contribution >= 4 is 35.0 Å². The number of carbonyl (C=O) groups excluding carboxylic acids is 2. The third kappa shape index (κ3) is 6.54. The lowest BCUT2D eigenvalue weighted by Gasteiger charge is -2.28. The third-order valence-corrected chi connectivity index (χ3v) is 7.45. The zero-order valence-corrected chi connectivity index (χ0v) is 23.5. The molecule has 0 spiro atoms. The van der Waals surface area contributed by atoms with E-state index >= 15 is 0 Å². The quantitative estimate of drug-likeness (QED) is 0.333. The highest BCUT2D eigenvalue weighted by Gasteiger charge is 2.30. The Morgan fingerprint density at radius 3 is 2.73 bits per heavy atom. The highest BCUT2D eigenvalue weighted by atomic mass is 19.1. The van der Waals surface area contributed by atoms with E-state index in [0.29, 0.717) is 49.3 Å². The number of hydrogen-bond donors (Lipinski definition) is 3. The van der Waals surface area contributed by atoms with Crippen molar-refractivity contribution in [2.24, 2.45) is 0 Å². The van der Waals surface area contributed by atoms with Gasteiger partial charge in [0.05, 0.1) is 17.9 Å². The monoisotopic (exact) mass is 564 g/mol. The number of ether oxygens (including phenoxy) is 1. The Kier molecular flexibility index (Phi) is 8.89. The Morgan fingerprint density at radius 2 is 2.02 bits per heavy atom. The number of imide groups is 1. The average molecular weight is 565 g/mol. The highest BCUT2D eigenvalue weighted by Crippen LogP contribution is 2.25. The second kappa shape index (κ2) is 12.7. The van der Waals surface area contributed by atoms with Crippen molar-refractivity contribution < 1.29 is 18.7 Å². The van der Waals surface area contributed by atoms with E-state index in [0.717, 1.165) is 42.2 Å². The van der Waals surface area contributed by atoms with Gasteiger partial charge in [0, 0.05) is 31.4 Å². The molecule has 3 aromatic rings. The van der Waals surface area contributed by atoms with E-state index in [9.17, 15) is 14.0 Å². The molecule has 2 aliphatic heterocycles. The lowest BCUT2D eigenvalue weighted by atomic mass is 10.0. The molecule has 2 amide bonds. The first-order valence-electron chi connectivity index (χ1n) is 14.2. The largest absolute Gasteiger partial charge is 0.381 e. The van der Waals surface area contributed by atoms with E-state index in [1.165, 1.54) is 12.1 Å². The van der Waals surface area contributed by atoms with Gasteiger partial charge in [0.2, 0.25) is 11.9 Å². The van der Waals surface area contributed by atoms with E-state index in [-0.39, 0.29) is 24.2 Å². The van der Waals surface area contributed by atoms with Crippen LogP contribution in [0.5, 0.6) is 0 Å². The summed E-state index contributed by atoms with van der Waals surface area (Å²) < 4.78 is 22.0. The number of nitrogens with zero attached hydrogens (tertiary/aromatic N) is 5. The Hall–Kier alpha value is -3.90. The summed E-state index contributed by atoms with van der Waals surface area (Å²) in [5, 5.41) is 14.4. The normalized spacial score (nSPS) is 17.9. The molecule has 41 heavy (non-hydrogen) atoms. The molecule has 5 rings (SSSR count). The molecule has 1 unspecified atom stereocenters. The van der Waals surface area contributed by atoms with E-state index in [1.54, 1.807) is 16.8 Å². The maximum absolute atomic E-state index is 14.9. The summed E-state index contributed by atoms with van der Waals surface area (Å²) in [5.41, 5.74) is 2.33. The van der Waals surface area contributed by atoms with Crippen LogP contribution in [0.2, 0.25) is 0 Å². The number of benzene rings is 1. The maximum Gasteiger partial charge on any atom is 0.257 e. The molecule has 3 N–H and O–H groups in total. The van der Waals surface area contributed by atoms with Gasteiger partial charge in [0.15, 0.2) is 5.65 Å². The van der Waals surface area contributed by atoms with Crippen molar-refractivity contribution in [3.8, 4) is 0 Å². The molecule has 2 aliphatic rings. The average Bonchev–Trinajstić information content (AvgIpc) is 3.41. The van der Waals surface area contributed by atoms with E-state index in [1.807, 2.05) is 0 Å². The summed E-state index contributed by atoms with van der Waals surface area (Å²) in [6.07, 6.45) is 7.01. The van der Waals surface area contributed by atoms with Crippen LogP contribution >= 0.6 is 0 Å². The fourth-order valence-corrected chi connectivity index (χ4v) is 5.22. The number of halogens is 1. The number of carbonyl (C=O) groups is 2. The van der Waals surface area contributed by atoms with Crippen molar-refractivity contribution in [2.45, 2.75) is 70.5 Å². The zero-order chi connectivity index (χ0) is 28.9. The molecule has 1 atom stereocenters. The molecule has 2 saturated heterocycles. The number of amides is 2. The Bertz CT molecular complexity index is 1410. The molecule has 0 bridgehead atoms. The number of rotatable bonds is 9. The van der Waals surface area contributed by atoms with Crippen LogP contribution in [0.15, 0.2) is 37.1 Å². The van der Waals surface area contributed by atoms with E-state index < -0.39 is 23.7 Å². The molecule has 2 fully saturated rings. The van der Waals surface area contributed by atoms with Gasteiger partial charge in [0.1, 0.15) is 5.82 Å². The van der Waals surface area contributed by atoms with Gasteiger partial charge in [0.25, 0.3) is 11.8 Å². The van der Waals surface area contributed by atoms with Crippen molar-refractivity contribution in [2.75, 3.05) is 35.3 Å². The second-order valence-electron chi connectivity index (χ2n) is 10.8. The van der Waals surface area contributed by atoms with Gasteiger partial charge < -0.3 is 20.7 Å². The number of piperidine rings is 1. The first-order chi connectivity index (χ1) is 19.8. The minimum atomic E-state index is -0.606. The van der Waals surface area contributed by atoms with Gasteiger partial charge in [-0.3, -0.25) is 9.59 Å². The van der Waals surface area contributed by atoms with Crippen molar-refractivity contribution in [1.82, 2.24) is 24.9 Å². The van der Waals surface area contributed by atoms with Gasteiger partial charge >= 0.3 is 0 Å². The van der Waals surface area contributed by atoms with Crippen LogP contribution in [0.3, 0.4) is 0 Å². The van der Waals surface area contributed by atoms with Crippen LogP contribution in [0, 0.1) is 5.82 Å². The van der Waals surface area contributed by atoms with Gasteiger partial charge in [-0.2, -0.15) is 19.6 Å². The van der Waals surface area contributed by atoms with Crippen LogP contribution < -0.4 is 20.9 Å². The molecular weight excluding hydrogens is 527 g/mol. The molecular formula is C29H37FN8O3. The summed E-state index contributed by atoms with van der Waals surface area (Å²) in [4.78, 5) is 36.5. The molecule has 4 heterocycles. The minimum absolute atomic E-state index is 0.153. The molecule has 0 aliphatic carbocycles. The SMILES string of the molecule is C=CC(=O)N(C(=O)C1CCCCN1)c1cc(F)cc(CNc2nc(NC3CCOCC3)nc3c(C(C)C)cnn23)c1. The molecule has 1 aromatic carbocycles. The Morgan fingerprint density at radius 1 is 1.22 bits per heavy atom. The van der Waals surface area contributed by atoms with Gasteiger partial charge in [-0.05, 0) is 68.0 Å². The van der Waals surface area contributed by atoms with E-state index in [2.05, 4.69) is 46.5 Å². The number of aromatic nitrogens is 4. The van der Waals surface area contributed by atoms with Crippen LogP contribution in [-0.2, 0) is 20.9 Å². The van der Waals surface area contributed by atoms with Crippen LogP contribution in [0.4, 0.5) is 22.0 Å². The summed E-state index contributed by atoms with van der Waals surface area (Å²) in [6.45, 7) is 9.91. The first-order valence-corrected chi connectivity index (χ1v) is 14.2. The predicted molar refractivity (Wildman–Crippen MR) is 154 cm³/mol. The zero-order valence-electron chi connectivity index (χ0n) is 23.5. The maximum atomic E-state index is 14.9. The molecule has 0 radical (unpaired) electrons. The second-order valence-corrected chi connectivity index (χ2v) is 10.8. The highest BCUT2D eigenvalue weighted by molar-refractivity contribution is 6.20. The summed E-state index contributed by atoms with van der Waals surface area (Å²) in [6, 6.07) is 3.86. The third-order valence-electron chi connectivity index (χ3n) is 7.45. The Balaban J connectivity index is 1.42. The van der Waals surface area contributed by atoms with Crippen LogP contribution in [-0.4, -0.2) is 63.2 Å². The van der Waals surface area contributed by atoms with Crippen molar-refractivity contribution in [3.63, 3.8) is 0 Å². The molecule has 0 saturated carbocycles. The van der Waals surface area contributed by atoms with Crippen molar-refractivity contribution in [3.05, 3.63) is 54.0 Å². The number of nitrogens with one attached hydrogen (secondary N) is 3. The molecule has 218 valence electrons. The fourth-order valence-electron chi connectivity index (χ4n) is 5.22. The van der Waals surface area contributed by atoms with E-state index in [4.69, 9.17) is 9.72 Å². The minimum Gasteiger partial charge on any atom is -0.381 e. The molecule has 11 nitrogen and oxygen atoms in total. The van der Waals surface area contributed by atoms with Gasteiger partial charge in [-0.15, -0.1) is 0 Å². The molecule has 12 heteroatoms. The van der Waals surface area contributed by atoms with Gasteiger partial charge in [-0.25, -0.2) is 9.29 Å². The lowest BCUT2D eigenvalue weighted by molar-refractivity contribution is -0.126. The van der Waals surface area contributed by atoms with Crippen molar-refractivity contribution in [1.29, 1.82) is 0 Å². The standard InChI is InChI=1S/C29H37FN8O3/c1-4-25(39)37(27(40)24-7-5-6-10-31-24)22-14-19(13-20(30)15-22)16-32-29-36-28(34-21-8-11-41-12-9-21)35-26-23(18(2)3)17-33-38(26)29/h4,13-15,17-18,21,24,31H,1,5-12,16H2,2-3H3,(H2,32,34,35,36). The number of anilines is 3. The summed E-state index contributed by atoms with van der Waals surface area (Å²) in [5.74, 6) is -0.487. The first kappa shape index (κ1) is 28.6. The lowest BCUT2D eigenvalue weighted by Crippen LogP contribution is -2.50. The Labute approximate surface area is 238 Å². The topological polar surface area (TPSA) is 126 Å². The fraction of sp³-hybridized carbons (Fsp3) is 0.483. The van der Waals surface area contributed by atoms with Gasteiger partial charge in [-0.1, -0.05) is 26.8 Å². The summed E-state index contributed by atoms with van der Waals surface area (Å²) in [7, 11) is 0. The smallest absolute Gasteiger partial charge is 0.257 e. The van der Waals surface area contributed by atoms with Crippen LogP contribution in [0.1, 0.15) is 63.0 Å². The van der Waals surface area contributed by atoms with Crippen LogP contribution in [0.25, 0.3) is 5.65 Å².